The maximum absolute atomic E-state index is 14.0. The van der Waals surface area contributed by atoms with Crippen molar-refractivity contribution in [1.29, 1.82) is 0 Å². The molecule has 7 rings (SSSR count). The van der Waals surface area contributed by atoms with Crippen LogP contribution in [0, 0.1) is 12.3 Å². The average molecular weight is 936 g/mol. The van der Waals surface area contributed by atoms with E-state index >= 15 is 0 Å². The monoisotopic (exact) mass is 935 g/mol. The zero-order valence-electron chi connectivity index (χ0n) is 38.0. The second-order valence-electron chi connectivity index (χ2n) is 18.4. The SMILES string of the molecule is Cc1ncsc1-c1ccc(CNC(=O)[C@@H]2C[C@H](O)CN2C(=O)[C@@H](NC(=O)COCCCCCCOc2ccc(C3CCN(C4=Nn5c(nnc5C(F)(F)F)CC4)CC3)cc2)C(C)(C)C)cc1. The lowest BCUT2D eigenvalue weighted by Crippen LogP contribution is -2.58. The number of likely N-dealkylation sites (tertiary alicyclic amines) is 2. The van der Waals surface area contributed by atoms with Gasteiger partial charge in [-0.25, -0.2) is 4.98 Å². The Bertz CT molecular complexity index is 2300. The Labute approximate surface area is 387 Å². The van der Waals surface area contributed by atoms with Crippen molar-refractivity contribution in [2.24, 2.45) is 10.5 Å². The largest absolute Gasteiger partial charge is 0.494 e. The van der Waals surface area contributed by atoms with Crippen LogP contribution in [0.15, 0.2) is 59.1 Å². The molecule has 0 radical (unpaired) electrons. The molecule has 2 aromatic heterocycles. The molecule has 2 fully saturated rings. The first-order valence-electron chi connectivity index (χ1n) is 22.7. The van der Waals surface area contributed by atoms with Crippen LogP contribution in [-0.2, 0) is 38.3 Å². The first-order valence-corrected chi connectivity index (χ1v) is 23.6. The Morgan fingerprint density at radius 2 is 1.65 bits per heavy atom. The van der Waals surface area contributed by atoms with E-state index in [1.807, 2.05) is 69.6 Å². The minimum Gasteiger partial charge on any atom is -0.494 e. The molecule has 2 aromatic carbocycles. The standard InChI is InChI=1S/C47H60F3N9O6S/c1-30-41(66-29-52-30)34-11-9-31(10-12-34)26-51-43(62)37-25-35(60)27-58(37)44(63)42(46(2,3)4)53-40(61)28-64-23-7-5-6-8-24-65-36-15-13-32(14-16-36)33-19-21-57(22-20-33)39-18-17-38-54-55-45(47(48,49)50)59(38)56-39/h9-16,29,33,35,37,42,60H,5-8,17-28H2,1-4H3,(H,51,62)(H,53,61)/t35-,37-,42+/m0/s1. The van der Waals surface area contributed by atoms with Crippen LogP contribution >= 0.6 is 11.3 Å². The number of thiazole rings is 1. The number of β-amino-alcohol motifs (C(OH)–C–C–N with tert-alkyl or cyclic N) is 1. The number of piperidine rings is 1. The Kier molecular flexibility index (Phi) is 15.8. The van der Waals surface area contributed by atoms with Gasteiger partial charge < -0.3 is 35.0 Å². The molecule has 0 spiro atoms. The molecule has 66 heavy (non-hydrogen) atoms. The summed E-state index contributed by atoms with van der Waals surface area (Å²) in [6, 6.07) is 14.2. The number of amides is 3. The van der Waals surface area contributed by atoms with Gasteiger partial charge >= 0.3 is 6.18 Å². The summed E-state index contributed by atoms with van der Waals surface area (Å²) in [6.45, 7) is 9.90. The van der Waals surface area contributed by atoms with Gasteiger partial charge in [-0.3, -0.25) is 14.4 Å². The smallest absolute Gasteiger partial charge is 0.453 e. The third-order valence-corrected chi connectivity index (χ3v) is 13.3. The van der Waals surface area contributed by atoms with Gasteiger partial charge in [-0.15, -0.1) is 21.5 Å². The molecule has 3 atom stereocenters. The van der Waals surface area contributed by atoms with Crippen molar-refractivity contribution in [3.63, 3.8) is 0 Å². The Morgan fingerprint density at radius 1 is 0.939 bits per heavy atom. The average Bonchev–Trinajstić information content (AvgIpc) is 4.04. The minimum atomic E-state index is -4.61. The third kappa shape index (κ3) is 12.3. The van der Waals surface area contributed by atoms with Crippen molar-refractivity contribution in [1.82, 2.24) is 40.3 Å². The number of carbonyl (C=O) groups excluding carboxylic acids is 3. The number of fused-ring (bicyclic) bond motifs is 1. The summed E-state index contributed by atoms with van der Waals surface area (Å²) in [6.07, 6.45) is 0.685. The first kappa shape index (κ1) is 48.5. The number of ether oxygens (including phenoxy) is 2. The molecule has 4 aromatic rings. The van der Waals surface area contributed by atoms with E-state index in [0.717, 1.165) is 70.6 Å². The van der Waals surface area contributed by atoms with Gasteiger partial charge in [0.2, 0.25) is 17.7 Å². The van der Waals surface area contributed by atoms with Gasteiger partial charge in [0.25, 0.3) is 5.82 Å². The highest BCUT2D eigenvalue weighted by molar-refractivity contribution is 7.13. The number of unbranched alkanes of at least 4 members (excludes halogenated alkanes) is 3. The van der Waals surface area contributed by atoms with Crippen molar-refractivity contribution in [2.45, 2.75) is 122 Å². The molecule has 0 aliphatic carbocycles. The van der Waals surface area contributed by atoms with Crippen LogP contribution in [0.25, 0.3) is 10.4 Å². The number of hydrogen-bond acceptors (Lipinski definition) is 12. The van der Waals surface area contributed by atoms with Crippen LogP contribution in [0.4, 0.5) is 13.2 Å². The van der Waals surface area contributed by atoms with E-state index in [0.29, 0.717) is 50.9 Å². The zero-order valence-corrected chi connectivity index (χ0v) is 38.8. The van der Waals surface area contributed by atoms with E-state index in [9.17, 15) is 32.7 Å². The Hall–Kier alpha value is -5.40. The van der Waals surface area contributed by atoms with Crippen LogP contribution in [0.1, 0.15) is 107 Å². The van der Waals surface area contributed by atoms with Crippen molar-refractivity contribution < 1.29 is 42.1 Å². The molecular formula is C47H60F3N9O6S. The molecule has 3 amide bonds. The van der Waals surface area contributed by atoms with Crippen LogP contribution < -0.4 is 15.4 Å². The lowest BCUT2D eigenvalue weighted by Gasteiger charge is -2.35. The van der Waals surface area contributed by atoms with Crippen LogP contribution in [0.3, 0.4) is 0 Å². The maximum atomic E-state index is 14.0. The molecular weight excluding hydrogens is 876 g/mol. The predicted molar refractivity (Wildman–Crippen MR) is 243 cm³/mol. The fourth-order valence-corrected chi connectivity index (χ4v) is 9.48. The lowest BCUT2D eigenvalue weighted by molar-refractivity contribution is -0.147. The minimum absolute atomic E-state index is 0.00721. The second-order valence-corrected chi connectivity index (χ2v) is 19.2. The van der Waals surface area contributed by atoms with Gasteiger partial charge in [-0.05, 0) is 79.2 Å². The van der Waals surface area contributed by atoms with E-state index in [1.165, 1.54) is 10.5 Å². The topological polar surface area (TPSA) is 176 Å². The third-order valence-electron chi connectivity index (χ3n) is 12.4. The number of benzene rings is 2. The van der Waals surface area contributed by atoms with Gasteiger partial charge in [0.15, 0.2) is 5.82 Å². The maximum Gasteiger partial charge on any atom is 0.453 e. The molecule has 15 nitrogen and oxygen atoms in total. The van der Waals surface area contributed by atoms with Gasteiger partial charge in [0.1, 0.15) is 30.3 Å². The van der Waals surface area contributed by atoms with E-state index in [-0.39, 0.29) is 37.8 Å². The van der Waals surface area contributed by atoms with Gasteiger partial charge in [-0.2, -0.15) is 22.9 Å². The number of rotatable bonds is 17. The highest BCUT2D eigenvalue weighted by Crippen LogP contribution is 2.33. The van der Waals surface area contributed by atoms with Crippen molar-refractivity contribution in [3.8, 4) is 16.2 Å². The fraction of sp³-hybridized carbons (Fsp3) is 0.553. The van der Waals surface area contributed by atoms with Crippen molar-refractivity contribution in [3.05, 3.63) is 82.5 Å². The van der Waals surface area contributed by atoms with E-state index in [4.69, 9.17) is 9.47 Å². The van der Waals surface area contributed by atoms with Crippen LogP contribution in [0.2, 0.25) is 0 Å². The number of aryl methyl sites for hydroxylation is 2. The van der Waals surface area contributed by atoms with Crippen LogP contribution in [0.5, 0.6) is 5.75 Å². The summed E-state index contributed by atoms with van der Waals surface area (Å²) in [5.74, 6) is -0.310. The molecule has 5 heterocycles. The summed E-state index contributed by atoms with van der Waals surface area (Å²) in [7, 11) is 0. The molecule has 0 unspecified atom stereocenters. The second kappa shape index (κ2) is 21.5. The molecule has 0 bridgehead atoms. The summed E-state index contributed by atoms with van der Waals surface area (Å²) < 4.78 is 52.6. The number of hydrogen-bond donors (Lipinski definition) is 3. The molecule has 3 N–H and O–H groups in total. The summed E-state index contributed by atoms with van der Waals surface area (Å²) in [5, 5.41) is 27.6. The van der Waals surface area contributed by atoms with E-state index in [1.54, 1.807) is 11.3 Å². The molecule has 19 heteroatoms. The number of alkyl halides is 3. The Morgan fingerprint density at radius 3 is 2.32 bits per heavy atom. The molecule has 2 saturated heterocycles. The Balaban J connectivity index is 0.764. The van der Waals surface area contributed by atoms with Gasteiger partial charge in [0.05, 0.1) is 28.8 Å². The van der Waals surface area contributed by atoms with Gasteiger partial charge in [0, 0.05) is 52.0 Å². The number of aliphatic hydroxyl groups excluding tert-OH is 1. The van der Waals surface area contributed by atoms with Gasteiger partial charge in [-0.1, -0.05) is 63.6 Å². The number of amidine groups is 1. The summed E-state index contributed by atoms with van der Waals surface area (Å²) >= 11 is 1.57. The zero-order chi connectivity index (χ0) is 47.0. The number of aromatic nitrogens is 4. The predicted octanol–water partition coefficient (Wildman–Crippen LogP) is 6.48. The van der Waals surface area contributed by atoms with Crippen LogP contribution in [-0.4, -0.2) is 116 Å². The highest BCUT2D eigenvalue weighted by Gasteiger charge is 2.45. The van der Waals surface area contributed by atoms with Crippen molar-refractivity contribution in [2.75, 3.05) is 39.5 Å². The number of halogens is 3. The lowest BCUT2D eigenvalue weighted by atomic mass is 9.85. The molecule has 356 valence electrons. The number of carbonyl (C=O) groups is 3. The fourth-order valence-electron chi connectivity index (χ4n) is 8.66. The molecule has 3 aliphatic rings. The first-order chi connectivity index (χ1) is 31.5. The number of aliphatic hydroxyl groups is 1. The molecule has 0 saturated carbocycles. The number of nitrogens with zero attached hydrogens (tertiary/aromatic N) is 7. The van der Waals surface area contributed by atoms with E-state index in [2.05, 4.69) is 47.9 Å². The highest BCUT2D eigenvalue weighted by atomic mass is 32.1. The van der Waals surface area contributed by atoms with Crippen molar-refractivity contribution >= 4 is 34.9 Å². The number of nitrogens with one attached hydrogen (secondary N) is 2. The summed E-state index contributed by atoms with van der Waals surface area (Å²) in [5.41, 5.74) is 5.24. The normalized spacial score (nSPS) is 18.5. The van der Waals surface area contributed by atoms with E-state index < -0.39 is 47.4 Å². The quantitative estimate of drug-likeness (QED) is 0.0994. The summed E-state index contributed by atoms with van der Waals surface area (Å²) in [4.78, 5) is 49.3. The molecule has 3 aliphatic heterocycles.